The van der Waals surface area contributed by atoms with Crippen LogP contribution < -0.4 is 10.6 Å². The number of aliphatic imine (C=N–C) groups is 1. The number of rotatable bonds is 10. The molecule has 152 valence electrons. The van der Waals surface area contributed by atoms with Crippen molar-refractivity contribution in [2.45, 2.75) is 52.9 Å². The van der Waals surface area contributed by atoms with Crippen LogP contribution in [0.3, 0.4) is 0 Å². The van der Waals surface area contributed by atoms with Crippen molar-refractivity contribution in [3.8, 4) is 0 Å². The van der Waals surface area contributed by atoms with Crippen molar-refractivity contribution in [3.63, 3.8) is 0 Å². The Hall–Kier alpha value is -2.04. The molecule has 0 unspecified atom stereocenters. The van der Waals surface area contributed by atoms with Crippen LogP contribution in [0.25, 0.3) is 0 Å². The lowest BCUT2D eigenvalue weighted by atomic mass is 9.87. The van der Waals surface area contributed by atoms with Crippen LogP contribution in [0, 0.1) is 5.41 Å². The second-order valence-corrected chi connectivity index (χ2v) is 8.12. The van der Waals surface area contributed by atoms with Crippen molar-refractivity contribution in [3.05, 3.63) is 35.4 Å². The lowest BCUT2D eigenvalue weighted by Crippen LogP contribution is -2.42. The van der Waals surface area contributed by atoms with Crippen LogP contribution in [0.1, 0.15) is 62.4 Å². The van der Waals surface area contributed by atoms with Gasteiger partial charge in [-0.05, 0) is 36.0 Å². The summed E-state index contributed by atoms with van der Waals surface area (Å²) in [4.78, 5) is 18.0. The summed E-state index contributed by atoms with van der Waals surface area (Å²) in [5.41, 5.74) is 2.13. The maximum Gasteiger partial charge on any atom is 0.253 e. The van der Waals surface area contributed by atoms with Gasteiger partial charge in [-0.15, -0.1) is 0 Å². The normalized spacial score (nSPS) is 12.0. The third kappa shape index (κ3) is 8.94. The van der Waals surface area contributed by atoms with Crippen molar-refractivity contribution in [2.24, 2.45) is 10.4 Å². The Bertz CT molecular complexity index is 608. The van der Waals surface area contributed by atoms with E-state index in [2.05, 4.69) is 42.5 Å². The van der Waals surface area contributed by atoms with Gasteiger partial charge in [-0.3, -0.25) is 9.79 Å². The Morgan fingerprint density at radius 3 is 2.56 bits per heavy atom. The van der Waals surface area contributed by atoms with E-state index in [1.54, 1.807) is 26.0 Å². The maximum atomic E-state index is 12.1. The summed E-state index contributed by atoms with van der Waals surface area (Å²) in [6.07, 6.45) is 5.89. The van der Waals surface area contributed by atoms with Crippen LogP contribution in [-0.2, 0) is 6.42 Å². The van der Waals surface area contributed by atoms with Gasteiger partial charge in [0.2, 0.25) is 0 Å². The highest BCUT2D eigenvalue weighted by Crippen LogP contribution is 2.22. The summed E-state index contributed by atoms with van der Waals surface area (Å²) in [7, 11) is 5.35. The third-order valence-corrected chi connectivity index (χ3v) is 4.70. The zero-order valence-electron chi connectivity index (χ0n) is 18.1. The minimum Gasteiger partial charge on any atom is -0.356 e. The molecule has 0 aliphatic rings. The van der Waals surface area contributed by atoms with Crippen molar-refractivity contribution < 1.29 is 4.79 Å². The van der Waals surface area contributed by atoms with E-state index in [4.69, 9.17) is 0 Å². The van der Waals surface area contributed by atoms with Gasteiger partial charge in [-0.2, -0.15) is 0 Å². The van der Waals surface area contributed by atoms with E-state index >= 15 is 0 Å². The standard InChI is InChI=1S/C22H38N4O/c1-7-8-9-14-22(2,3)17-25-21(23-4)24-15-13-18-11-10-12-19(16-18)20(27)26(5)6/h10-12,16H,7-9,13-15,17H2,1-6H3,(H2,23,24,25). The quantitative estimate of drug-likeness (QED) is 0.373. The summed E-state index contributed by atoms with van der Waals surface area (Å²) < 4.78 is 0. The molecule has 0 fully saturated rings. The van der Waals surface area contributed by atoms with Gasteiger partial charge in [0, 0.05) is 39.8 Å². The number of unbranched alkanes of at least 4 members (excludes halogenated alkanes) is 2. The number of nitrogens with one attached hydrogen (secondary N) is 2. The Labute approximate surface area is 165 Å². The third-order valence-electron chi connectivity index (χ3n) is 4.70. The molecular weight excluding hydrogens is 336 g/mol. The summed E-state index contributed by atoms with van der Waals surface area (Å²) in [5, 5.41) is 6.82. The van der Waals surface area contributed by atoms with E-state index in [0.29, 0.717) is 0 Å². The predicted molar refractivity (Wildman–Crippen MR) is 115 cm³/mol. The first kappa shape index (κ1) is 23.0. The highest BCUT2D eigenvalue weighted by molar-refractivity contribution is 5.94. The van der Waals surface area contributed by atoms with Gasteiger partial charge in [0.25, 0.3) is 5.91 Å². The molecule has 0 aliphatic carbocycles. The lowest BCUT2D eigenvalue weighted by molar-refractivity contribution is 0.0827. The molecule has 0 bridgehead atoms. The van der Waals surface area contributed by atoms with Crippen LogP contribution in [0.2, 0.25) is 0 Å². The number of nitrogens with zero attached hydrogens (tertiary/aromatic N) is 2. The largest absolute Gasteiger partial charge is 0.356 e. The molecule has 0 atom stereocenters. The molecule has 5 heteroatoms. The fourth-order valence-corrected chi connectivity index (χ4v) is 2.93. The summed E-state index contributed by atoms with van der Waals surface area (Å²) in [5.74, 6) is 0.867. The molecule has 1 rings (SSSR count). The molecule has 27 heavy (non-hydrogen) atoms. The first-order chi connectivity index (χ1) is 12.8. The lowest BCUT2D eigenvalue weighted by Gasteiger charge is -2.26. The molecule has 0 saturated carbocycles. The van der Waals surface area contributed by atoms with E-state index in [-0.39, 0.29) is 11.3 Å². The number of carbonyl (C=O) groups excluding carboxylic acids is 1. The minimum atomic E-state index is 0.0348. The number of benzene rings is 1. The monoisotopic (exact) mass is 374 g/mol. The topological polar surface area (TPSA) is 56.7 Å². The number of hydrogen-bond donors (Lipinski definition) is 2. The van der Waals surface area contributed by atoms with Crippen molar-refractivity contribution >= 4 is 11.9 Å². The van der Waals surface area contributed by atoms with Crippen LogP contribution in [0.15, 0.2) is 29.3 Å². The van der Waals surface area contributed by atoms with Gasteiger partial charge in [-0.25, -0.2) is 0 Å². The zero-order valence-corrected chi connectivity index (χ0v) is 18.1. The van der Waals surface area contributed by atoms with Crippen molar-refractivity contribution in [1.82, 2.24) is 15.5 Å². The average Bonchev–Trinajstić information content (AvgIpc) is 2.64. The maximum absolute atomic E-state index is 12.1. The number of carbonyl (C=O) groups is 1. The number of hydrogen-bond acceptors (Lipinski definition) is 2. The second kappa shape index (κ2) is 11.6. The Balaban J connectivity index is 2.45. The van der Waals surface area contributed by atoms with Gasteiger partial charge < -0.3 is 15.5 Å². The van der Waals surface area contributed by atoms with Crippen LogP contribution in [-0.4, -0.2) is 51.0 Å². The van der Waals surface area contributed by atoms with E-state index in [1.165, 1.54) is 25.7 Å². The van der Waals surface area contributed by atoms with Gasteiger partial charge >= 0.3 is 0 Å². The van der Waals surface area contributed by atoms with Crippen molar-refractivity contribution in [1.29, 1.82) is 0 Å². The highest BCUT2D eigenvalue weighted by atomic mass is 16.2. The van der Waals surface area contributed by atoms with Crippen molar-refractivity contribution in [2.75, 3.05) is 34.2 Å². The predicted octanol–water partition coefficient (Wildman–Crippen LogP) is 3.70. The fraction of sp³-hybridized carbons (Fsp3) is 0.636. The van der Waals surface area contributed by atoms with E-state index in [1.807, 2.05) is 18.2 Å². The number of guanidine groups is 1. The first-order valence-electron chi connectivity index (χ1n) is 10.0. The molecule has 0 aliphatic heterocycles. The molecule has 1 amide bonds. The van der Waals surface area contributed by atoms with E-state index in [9.17, 15) is 4.79 Å². The Morgan fingerprint density at radius 2 is 1.93 bits per heavy atom. The van der Waals surface area contributed by atoms with Crippen LogP contribution in [0.4, 0.5) is 0 Å². The van der Waals surface area contributed by atoms with E-state index in [0.717, 1.165) is 36.6 Å². The second-order valence-electron chi connectivity index (χ2n) is 8.12. The smallest absolute Gasteiger partial charge is 0.253 e. The molecule has 2 N–H and O–H groups in total. The van der Waals surface area contributed by atoms with Gasteiger partial charge in [0.05, 0.1) is 0 Å². The van der Waals surface area contributed by atoms with Gasteiger partial charge in [0.15, 0.2) is 5.96 Å². The SMILES string of the molecule is CCCCCC(C)(C)CNC(=NC)NCCc1cccc(C(=O)N(C)C)c1. The fourth-order valence-electron chi connectivity index (χ4n) is 2.93. The van der Waals surface area contributed by atoms with Crippen LogP contribution >= 0.6 is 0 Å². The number of amides is 1. The molecular formula is C22H38N4O. The molecule has 5 nitrogen and oxygen atoms in total. The summed E-state index contributed by atoms with van der Waals surface area (Å²) in [6.45, 7) is 8.52. The van der Waals surface area contributed by atoms with Gasteiger partial charge in [0.1, 0.15) is 0 Å². The summed E-state index contributed by atoms with van der Waals surface area (Å²) >= 11 is 0. The van der Waals surface area contributed by atoms with Gasteiger partial charge in [-0.1, -0.05) is 52.2 Å². The molecule has 0 aromatic heterocycles. The minimum absolute atomic E-state index is 0.0348. The zero-order chi connectivity index (χ0) is 20.3. The molecule has 0 spiro atoms. The summed E-state index contributed by atoms with van der Waals surface area (Å²) in [6, 6.07) is 7.83. The first-order valence-corrected chi connectivity index (χ1v) is 10.0. The van der Waals surface area contributed by atoms with Crippen LogP contribution in [0.5, 0.6) is 0 Å². The molecule has 1 aromatic rings. The Morgan fingerprint density at radius 1 is 1.19 bits per heavy atom. The molecule has 0 heterocycles. The molecule has 0 saturated heterocycles. The molecule has 0 radical (unpaired) electrons. The highest BCUT2D eigenvalue weighted by Gasteiger charge is 2.17. The molecule has 1 aromatic carbocycles. The Kier molecular flexibility index (Phi) is 9.90. The van der Waals surface area contributed by atoms with E-state index < -0.39 is 0 Å². The average molecular weight is 375 g/mol.